The lowest BCUT2D eigenvalue weighted by molar-refractivity contribution is -0.0785. The normalized spacial score (nSPS) is 28.1. The molecule has 0 spiro atoms. The van der Waals surface area contributed by atoms with E-state index in [1.807, 2.05) is 44.2 Å². The maximum absolute atomic E-state index is 10.3. The van der Waals surface area contributed by atoms with E-state index in [9.17, 15) is 5.11 Å². The van der Waals surface area contributed by atoms with Crippen LogP contribution < -0.4 is 4.89 Å². The number of para-hydroxylation sites is 1. The number of rotatable bonds is 12. The standard InChI is InChI=1S/C30H52O4SSi/c1-28(2,3)36(7,8)33-27-17-13-21-30(6)25(18-19-26(27)30)23(14-12-20-29(4,5)31)22-35-34-32-24-15-10-9-11-16-24/h9-11,15-16,23,25-27,31H,12-14,17-22H2,1-8H3/t23-,25?,26?,27-,30+/m0/s1. The minimum Gasteiger partial charge on any atom is -0.414 e. The number of fused-ring (bicyclic) bond motifs is 1. The molecule has 0 saturated heterocycles. The number of benzene rings is 1. The van der Waals surface area contributed by atoms with E-state index in [4.69, 9.17) is 13.6 Å². The maximum atomic E-state index is 10.3. The molecular formula is C30H52O4SSi. The van der Waals surface area contributed by atoms with Crippen LogP contribution in [0.25, 0.3) is 0 Å². The van der Waals surface area contributed by atoms with Crippen molar-refractivity contribution in [3.8, 4) is 5.75 Å². The van der Waals surface area contributed by atoms with Crippen molar-refractivity contribution in [1.82, 2.24) is 0 Å². The van der Waals surface area contributed by atoms with Crippen molar-refractivity contribution in [1.29, 1.82) is 0 Å². The fourth-order valence-electron chi connectivity index (χ4n) is 6.48. The van der Waals surface area contributed by atoms with Gasteiger partial charge in [-0.05, 0) is 106 Å². The lowest BCUT2D eigenvalue weighted by Crippen LogP contribution is -2.50. The Morgan fingerprint density at radius 1 is 1.08 bits per heavy atom. The summed E-state index contributed by atoms with van der Waals surface area (Å²) in [6, 6.07) is 9.70. The monoisotopic (exact) mass is 536 g/mol. The van der Waals surface area contributed by atoms with Gasteiger partial charge in [0.1, 0.15) is 0 Å². The minimum atomic E-state index is -1.80. The van der Waals surface area contributed by atoms with Gasteiger partial charge in [0.15, 0.2) is 14.1 Å². The van der Waals surface area contributed by atoms with E-state index >= 15 is 0 Å². The molecule has 2 fully saturated rings. The molecule has 4 nitrogen and oxygen atoms in total. The highest BCUT2D eigenvalue weighted by Gasteiger charge is 2.55. The van der Waals surface area contributed by atoms with Crippen molar-refractivity contribution in [3.63, 3.8) is 0 Å². The second-order valence-corrected chi connectivity index (χ2v) is 19.3. The Balaban J connectivity index is 1.68. The average molecular weight is 537 g/mol. The van der Waals surface area contributed by atoms with Gasteiger partial charge in [0.25, 0.3) is 0 Å². The van der Waals surface area contributed by atoms with Crippen molar-refractivity contribution >= 4 is 20.4 Å². The highest BCUT2D eigenvalue weighted by Crippen LogP contribution is 2.60. The summed E-state index contributed by atoms with van der Waals surface area (Å²) in [5.41, 5.74) is -0.300. The zero-order valence-corrected chi connectivity index (χ0v) is 26.0. The van der Waals surface area contributed by atoms with Crippen molar-refractivity contribution < 1.29 is 18.8 Å². The van der Waals surface area contributed by atoms with Crippen LogP contribution in [0.2, 0.25) is 18.1 Å². The smallest absolute Gasteiger partial charge is 0.192 e. The Morgan fingerprint density at radius 2 is 1.78 bits per heavy atom. The molecule has 0 aromatic heterocycles. The van der Waals surface area contributed by atoms with Crippen LogP contribution in [0, 0.1) is 23.2 Å². The van der Waals surface area contributed by atoms with E-state index in [0.29, 0.717) is 29.3 Å². The molecule has 3 rings (SSSR count). The zero-order valence-electron chi connectivity index (χ0n) is 24.1. The molecule has 36 heavy (non-hydrogen) atoms. The first kappa shape index (κ1) is 30.0. The second-order valence-electron chi connectivity index (χ2n) is 13.8. The predicted molar refractivity (Wildman–Crippen MR) is 154 cm³/mol. The van der Waals surface area contributed by atoms with Crippen LogP contribution in [0.3, 0.4) is 0 Å². The van der Waals surface area contributed by atoms with Crippen LogP contribution in [0.5, 0.6) is 5.75 Å². The van der Waals surface area contributed by atoms with Gasteiger partial charge in [-0.3, -0.25) is 0 Å². The van der Waals surface area contributed by atoms with Gasteiger partial charge in [-0.2, -0.15) is 0 Å². The van der Waals surface area contributed by atoms with Gasteiger partial charge >= 0.3 is 0 Å². The van der Waals surface area contributed by atoms with Gasteiger partial charge in [-0.15, -0.1) is 4.33 Å². The predicted octanol–water partition coefficient (Wildman–Crippen LogP) is 8.81. The molecule has 0 amide bonds. The molecular weight excluding hydrogens is 484 g/mol. The number of hydrogen-bond acceptors (Lipinski definition) is 5. The summed E-state index contributed by atoms with van der Waals surface area (Å²) in [6.07, 6.45) is 9.71. The first-order valence-electron chi connectivity index (χ1n) is 14.1. The molecule has 2 aliphatic carbocycles. The largest absolute Gasteiger partial charge is 0.414 e. The van der Waals surface area contributed by atoms with Crippen molar-refractivity contribution in [2.75, 3.05) is 5.75 Å². The maximum Gasteiger partial charge on any atom is 0.192 e. The van der Waals surface area contributed by atoms with Crippen molar-refractivity contribution in [3.05, 3.63) is 30.3 Å². The molecule has 0 bridgehead atoms. The topological polar surface area (TPSA) is 47.9 Å². The summed E-state index contributed by atoms with van der Waals surface area (Å²) >= 11 is 1.44. The third-order valence-electron chi connectivity index (χ3n) is 9.52. The Labute approximate surface area is 226 Å². The fraction of sp³-hybridized carbons (Fsp3) is 0.800. The van der Waals surface area contributed by atoms with Gasteiger partial charge in [-0.1, -0.05) is 58.7 Å². The van der Waals surface area contributed by atoms with Crippen LogP contribution >= 0.6 is 12.0 Å². The molecule has 1 aromatic rings. The van der Waals surface area contributed by atoms with Crippen LogP contribution in [0.15, 0.2) is 30.3 Å². The zero-order chi connectivity index (χ0) is 26.6. The molecule has 2 saturated carbocycles. The molecule has 2 aliphatic rings. The molecule has 1 N–H and O–H groups in total. The van der Waals surface area contributed by atoms with E-state index in [2.05, 4.69) is 40.8 Å². The molecule has 5 atom stereocenters. The summed E-state index contributed by atoms with van der Waals surface area (Å²) in [5, 5.41) is 10.6. The van der Waals surface area contributed by atoms with Crippen LogP contribution in [-0.4, -0.2) is 30.9 Å². The molecule has 1 aromatic carbocycles. The molecule has 2 unspecified atom stereocenters. The summed E-state index contributed by atoms with van der Waals surface area (Å²) < 4.78 is 12.7. The van der Waals surface area contributed by atoms with Gasteiger partial charge in [0, 0.05) is 23.9 Å². The third kappa shape index (κ3) is 7.75. The van der Waals surface area contributed by atoms with E-state index in [0.717, 1.165) is 30.8 Å². The third-order valence-corrected chi connectivity index (χ3v) is 14.8. The highest BCUT2D eigenvalue weighted by molar-refractivity contribution is 7.94. The summed E-state index contributed by atoms with van der Waals surface area (Å²) in [6.45, 7) is 18.3. The Bertz CT molecular complexity index is 803. The van der Waals surface area contributed by atoms with Gasteiger partial charge in [0.2, 0.25) is 0 Å². The van der Waals surface area contributed by atoms with Crippen molar-refractivity contribution in [2.45, 2.75) is 123 Å². The van der Waals surface area contributed by atoms with Crippen LogP contribution in [-0.2, 0) is 8.76 Å². The van der Waals surface area contributed by atoms with Gasteiger partial charge < -0.3 is 14.4 Å². The lowest BCUT2D eigenvalue weighted by Gasteiger charge is -2.50. The molecule has 6 heteroatoms. The quantitative estimate of drug-likeness (QED) is 0.0950. The Kier molecular flexibility index (Phi) is 10.1. The SMILES string of the molecule is CC(C)(O)CCC[C@@H](CSOOc1ccccc1)C1CCC2[C@@H](O[Si](C)(C)C(C)(C)C)CCC[C@]12C. The minimum absolute atomic E-state index is 0.241. The summed E-state index contributed by atoms with van der Waals surface area (Å²) in [5.74, 6) is 3.49. The second kappa shape index (κ2) is 12.1. The lowest BCUT2D eigenvalue weighted by atomic mass is 9.61. The van der Waals surface area contributed by atoms with E-state index in [1.165, 1.54) is 44.1 Å². The number of hydrogen-bond donors (Lipinski definition) is 1. The Hall–Kier alpha value is -0.533. The van der Waals surface area contributed by atoms with Gasteiger partial charge in [0.05, 0.1) is 5.60 Å². The van der Waals surface area contributed by atoms with Crippen molar-refractivity contribution in [2.24, 2.45) is 23.2 Å². The highest BCUT2D eigenvalue weighted by atomic mass is 32.2. The summed E-state index contributed by atoms with van der Waals surface area (Å²) in [7, 11) is -1.80. The summed E-state index contributed by atoms with van der Waals surface area (Å²) in [4.78, 5) is 5.52. The van der Waals surface area contributed by atoms with Crippen LogP contribution in [0.4, 0.5) is 0 Å². The number of aliphatic hydroxyl groups is 1. The Morgan fingerprint density at radius 3 is 2.42 bits per heavy atom. The first-order valence-corrected chi connectivity index (χ1v) is 18.0. The average Bonchev–Trinajstić information content (AvgIpc) is 3.12. The van der Waals surface area contributed by atoms with E-state index in [-0.39, 0.29) is 5.04 Å². The molecule has 206 valence electrons. The van der Waals surface area contributed by atoms with E-state index < -0.39 is 13.9 Å². The molecule has 0 aliphatic heterocycles. The first-order chi connectivity index (χ1) is 16.7. The van der Waals surface area contributed by atoms with E-state index in [1.54, 1.807) is 0 Å². The molecule has 0 radical (unpaired) electrons. The van der Waals surface area contributed by atoms with Crippen LogP contribution in [0.1, 0.15) is 92.9 Å². The van der Waals surface area contributed by atoms with Gasteiger partial charge in [-0.25, -0.2) is 0 Å². The molecule has 0 heterocycles. The fourth-order valence-corrected chi connectivity index (χ4v) is 8.63.